The molecule has 0 aliphatic carbocycles. The van der Waals surface area contributed by atoms with E-state index < -0.39 is 10.8 Å². The van der Waals surface area contributed by atoms with Gasteiger partial charge in [-0.3, -0.25) is 24.3 Å². The van der Waals surface area contributed by atoms with Crippen LogP contribution in [0.5, 0.6) is 0 Å². The first-order chi connectivity index (χ1) is 16.3. The van der Waals surface area contributed by atoms with Gasteiger partial charge in [-0.15, -0.1) is 17.9 Å². The number of primary amides is 1. The van der Waals surface area contributed by atoms with Gasteiger partial charge in [-0.1, -0.05) is 54.2 Å². The number of allylic oxidation sites excluding steroid dienone is 1. The first kappa shape index (κ1) is 23.4. The van der Waals surface area contributed by atoms with E-state index in [0.29, 0.717) is 20.9 Å². The lowest BCUT2D eigenvalue weighted by Crippen LogP contribution is -2.22. The maximum atomic E-state index is 13.4. The number of thiophene rings is 1. The molecule has 4 rings (SSSR count). The van der Waals surface area contributed by atoms with Crippen molar-refractivity contribution in [2.75, 3.05) is 0 Å². The van der Waals surface area contributed by atoms with Crippen LogP contribution >= 0.6 is 23.1 Å². The summed E-state index contributed by atoms with van der Waals surface area (Å²) < 4.78 is 1.53. The van der Waals surface area contributed by atoms with E-state index in [2.05, 4.69) is 6.58 Å². The number of benzene rings is 2. The van der Waals surface area contributed by atoms with Crippen molar-refractivity contribution in [2.45, 2.75) is 24.4 Å². The molecular weight excluding hydrogens is 472 g/mol. The largest absolute Gasteiger partial charge is 0.366 e. The topological polar surface area (TPSA) is 121 Å². The molecule has 172 valence electrons. The number of nitro groups is 1. The van der Waals surface area contributed by atoms with Crippen LogP contribution in [0.25, 0.3) is 20.7 Å². The van der Waals surface area contributed by atoms with Gasteiger partial charge in [0.25, 0.3) is 11.2 Å². The summed E-state index contributed by atoms with van der Waals surface area (Å²) in [6.45, 7) is 5.92. The molecule has 0 saturated heterocycles. The van der Waals surface area contributed by atoms with Gasteiger partial charge in [-0.05, 0) is 24.1 Å². The average molecular weight is 493 g/mol. The molecule has 0 fully saturated rings. The summed E-state index contributed by atoms with van der Waals surface area (Å²) in [6.07, 6.45) is 1.61. The van der Waals surface area contributed by atoms with Gasteiger partial charge in [0, 0.05) is 34.4 Å². The van der Waals surface area contributed by atoms with Crippen molar-refractivity contribution >= 4 is 44.9 Å². The molecule has 1 amide bonds. The summed E-state index contributed by atoms with van der Waals surface area (Å²) in [5.74, 6) is -0.558. The number of nitrogens with two attached hydrogens (primary N) is 1. The smallest absolute Gasteiger partial charge is 0.274 e. The molecule has 0 saturated carbocycles. The van der Waals surface area contributed by atoms with Gasteiger partial charge in [0.05, 0.1) is 10.3 Å². The predicted octanol–water partition coefficient (Wildman–Crippen LogP) is 4.92. The summed E-state index contributed by atoms with van der Waals surface area (Å²) in [4.78, 5) is 42.2. The lowest BCUT2D eigenvalue weighted by atomic mass is 10.1. The molecule has 34 heavy (non-hydrogen) atoms. The van der Waals surface area contributed by atoms with E-state index in [1.54, 1.807) is 6.08 Å². The zero-order chi connectivity index (χ0) is 24.4. The van der Waals surface area contributed by atoms with Gasteiger partial charge in [-0.2, -0.15) is 0 Å². The van der Waals surface area contributed by atoms with Crippen molar-refractivity contribution in [3.05, 3.63) is 98.3 Å². The van der Waals surface area contributed by atoms with Gasteiger partial charge in [0.15, 0.2) is 5.16 Å². The van der Waals surface area contributed by atoms with Crippen LogP contribution in [-0.4, -0.2) is 20.4 Å². The fraction of sp³-hybridized carbons (Fsp3) is 0.125. The second-order valence-corrected chi connectivity index (χ2v) is 9.40. The number of amides is 1. The molecule has 10 heteroatoms. The highest BCUT2D eigenvalue weighted by molar-refractivity contribution is 7.98. The van der Waals surface area contributed by atoms with Crippen LogP contribution in [0.4, 0.5) is 5.69 Å². The molecule has 0 aliphatic heterocycles. The zero-order valence-electron chi connectivity index (χ0n) is 18.2. The number of thioether (sulfide) groups is 1. The van der Waals surface area contributed by atoms with Gasteiger partial charge < -0.3 is 5.73 Å². The van der Waals surface area contributed by atoms with Gasteiger partial charge in [0.1, 0.15) is 4.83 Å². The SMILES string of the molecule is C=CCn1c(SCc2ccc(C(N)=O)cc2[N+](=O)[O-])nc2sc(-c3ccccc3)c(C)c2c1=O. The molecule has 4 aromatic rings. The number of rotatable bonds is 8. The Morgan fingerprint density at radius 3 is 2.68 bits per heavy atom. The second-order valence-electron chi connectivity index (χ2n) is 7.45. The Balaban J connectivity index is 1.78. The number of hydrogen-bond acceptors (Lipinski definition) is 7. The fourth-order valence-electron chi connectivity index (χ4n) is 3.61. The molecule has 0 atom stereocenters. The molecule has 2 aromatic heterocycles. The van der Waals surface area contributed by atoms with Crippen LogP contribution in [0.2, 0.25) is 0 Å². The fourth-order valence-corrected chi connectivity index (χ4v) is 5.85. The maximum Gasteiger partial charge on any atom is 0.274 e. The van der Waals surface area contributed by atoms with Crippen LogP contribution in [0, 0.1) is 17.0 Å². The Morgan fingerprint density at radius 1 is 1.29 bits per heavy atom. The number of carbonyl (C=O) groups is 1. The number of nitrogens with zero attached hydrogens (tertiary/aromatic N) is 3. The van der Waals surface area contributed by atoms with Crippen molar-refractivity contribution in [1.29, 1.82) is 0 Å². The summed E-state index contributed by atoms with van der Waals surface area (Å²) >= 11 is 2.66. The van der Waals surface area contributed by atoms with E-state index in [0.717, 1.165) is 16.0 Å². The van der Waals surface area contributed by atoms with Gasteiger partial charge >= 0.3 is 0 Å². The first-order valence-electron chi connectivity index (χ1n) is 10.2. The number of aromatic nitrogens is 2. The molecule has 0 bridgehead atoms. The normalized spacial score (nSPS) is 11.0. The Labute approximate surface area is 202 Å². The third-order valence-corrected chi connectivity index (χ3v) is 7.55. The third-order valence-electron chi connectivity index (χ3n) is 5.29. The second kappa shape index (κ2) is 9.62. The van der Waals surface area contributed by atoms with E-state index in [4.69, 9.17) is 10.7 Å². The van der Waals surface area contributed by atoms with E-state index >= 15 is 0 Å². The van der Waals surface area contributed by atoms with E-state index in [9.17, 15) is 19.7 Å². The summed E-state index contributed by atoms with van der Waals surface area (Å²) in [5.41, 5.74) is 7.21. The van der Waals surface area contributed by atoms with Crippen molar-refractivity contribution in [2.24, 2.45) is 5.73 Å². The number of fused-ring (bicyclic) bond motifs is 1. The Kier molecular flexibility index (Phi) is 6.62. The molecule has 0 spiro atoms. The van der Waals surface area contributed by atoms with Gasteiger partial charge in [0.2, 0.25) is 5.91 Å². The number of hydrogen-bond donors (Lipinski definition) is 1. The molecule has 8 nitrogen and oxygen atoms in total. The molecule has 2 heterocycles. The number of aryl methyl sites for hydroxylation is 1. The summed E-state index contributed by atoms with van der Waals surface area (Å²) in [6, 6.07) is 13.9. The molecule has 2 N–H and O–H groups in total. The van der Waals surface area contributed by atoms with Crippen molar-refractivity contribution < 1.29 is 9.72 Å². The highest BCUT2D eigenvalue weighted by Gasteiger charge is 2.21. The predicted molar refractivity (Wildman–Crippen MR) is 135 cm³/mol. The highest BCUT2D eigenvalue weighted by atomic mass is 32.2. The first-order valence-corrected chi connectivity index (χ1v) is 12.0. The standard InChI is InChI=1S/C24H20N4O4S2/c1-3-11-27-23(30)19-14(2)20(15-7-5-4-6-8-15)34-22(19)26-24(27)33-13-17-10-9-16(21(25)29)12-18(17)28(31)32/h3-10,12H,1,11,13H2,2H3,(H2,25,29). The van der Waals surface area contributed by atoms with Gasteiger partial charge in [-0.25, -0.2) is 4.98 Å². The summed E-state index contributed by atoms with van der Waals surface area (Å²) in [5, 5.41) is 12.5. The Morgan fingerprint density at radius 2 is 2.03 bits per heavy atom. The van der Waals surface area contributed by atoms with Crippen molar-refractivity contribution in [3.63, 3.8) is 0 Å². The zero-order valence-corrected chi connectivity index (χ0v) is 19.8. The minimum absolute atomic E-state index is 0.0612. The average Bonchev–Trinajstić information content (AvgIpc) is 3.16. The van der Waals surface area contributed by atoms with Crippen LogP contribution in [0.3, 0.4) is 0 Å². The lowest BCUT2D eigenvalue weighted by Gasteiger charge is -2.11. The monoisotopic (exact) mass is 492 g/mol. The van der Waals surface area contributed by atoms with E-state index in [-0.39, 0.29) is 29.1 Å². The molecule has 0 radical (unpaired) electrons. The highest BCUT2D eigenvalue weighted by Crippen LogP contribution is 2.37. The van der Waals surface area contributed by atoms with Crippen LogP contribution in [0.15, 0.2) is 71.1 Å². The molecular formula is C24H20N4O4S2. The van der Waals surface area contributed by atoms with Crippen molar-refractivity contribution in [1.82, 2.24) is 9.55 Å². The van der Waals surface area contributed by atoms with Crippen molar-refractivity contribution in [3.8, 4) is 10.4 Å². The number of carbonyl (C=O) groups excluding carboxylic acids is 1. The Bertz CT molecular complexity index is 1490. The van der Waals surface area contributed by atoms with Crippen LogP contribution < -0.4 is 11.3 Å². The third kappa shape index (κ3) is 4.37. The molecule has 0 aliphatic rings. The van der Waals surface area contributed by atoms with Crippen LogP contribution in [0.1, 0.15) is 21.5 Å². The quantitative estimate of drug-likeness (QED) is 0.123. The summed E-state index contributed by atoms with van der Waals surface area (Å²) in [7, 11) is 0. The molecule has 2 aromatic carbocycles. The molecule has 0 unspecified atom stereocenters. The minimum Gasteiger partial charge on any atom is -0.366 e. The number of nitro benzene ring substituents is 1. The maximum absolute atomic E-state index is 13.4. The van der Waals surface area contributed by atoms with E-state index in [1.165, 1.54) is 45.9 Å². The minimum atomic E-state index is -0.739. The van der Waals surface area contributed by atoms with E-state index in [1.807, 2.05) is 37.3 Å². The lowest BCUT2D eigenvalue weighted by molar-refractivity contribution is -0.385. The Hall–Kier alpha value is -3.76. The van der Waals surface area contributed by atoms with Crippen LogP contribution in [-0.2, 0) is 12.3 Å².